The van der Waals surface area contributed by atoms with Gasteiger partial charge >= 0.3 is 0 Å². The zero-order chi connectivity index (χ0) is 9.26. The van der Waals surface area contributed by atoms with Gasteiger partial charge in [-0.1, -0.05) is 6.07 Å². The van der Waals surface area contributed by atoms with Crippen LogP contribution in [0.2, 0.25) is 5.28 Å². The molecule has 0 atom stereocenters. The molecule has 0 aliphatic carbocycles. The SMILES string of the molecule is Clc1nc(Br)cc(-c2cccs2)n1. The highest BCUT2D eigenvalue weighted by molar-refractivity contribution is 9.10. The average Bonchev–Trinajstić information content (AvgIpc) is 2.53. The maximum atomic E-state index is 5.72. The molecule has 13 heavy (non-hydrogen) atoms. The van der Waals surface area contributed by atoms with E-state index in [1.165, 1.54) is 0 Å². The van der Waals surface area contributed by atoms with Crippen LogP contribution in [0.1, 0.15) is 0 Å². The average molecular weight is 276 g/mol. The van der Waals surface area contributed by atoms with E-state index in [0.717, 1.165) is 10.6 Å². The molecule has 2 aromatic rings. The fourth-order valence-corrected chi connectivity index (χ4v) is 2.30. The van der Waals surface area contributed by atoms with Gasteiger partial charge in [-0.25, -0.2) is 9.97 Å². The Labute approximate surface area is 92.7 Å². The summed E-state index contributed by atoms with van der Waals surface area (Å²) in [5, 5.41) is 2.26. The van der Waals surface area contributed by atoms with Crippen LogP contribution < -0.4 is 0 Å². The molecule has 2 rings (SSSR count). The van der Waals surface area contributed by atoms with E-state index in [1.807, 2.05) is 23.6 Å². The van der Waals surface area contributed by atoms with Gasteiger partial charge in [0.25, 0.3) is 0 Å². The number of thiophene rings is 1. The van der Waals surface area contributed by atoms with Gasteiger partial charge in [0.05, 0.1) is 10.6 Å². The molecule has 0 spiro atoms. The second kappa shape index (κ2) is 3.74. The van der Waals surface area contributed by atoms with E-state index in [9.17, 15) is 0 Å². The number of hydrogen-bond donors (Lipinski definition) is 0. The van der Waals surface area contributed by atoms with Crippen LogP contribution in [-0.2, 0) is 0 Å². The van der Waals surface area contributed by atoms with Crippen molar-refractivity contribution >= 4 is 38.9 Å². The van der Waals surface area contributed by atoms with Crippen LogP contribution in [0.3, 0.4) is 0 Å². The zero-order valence-electron chi connectivity index (χ0n) is 6.37. The monoisotopic (exact) mass is 274 g/mol. The third-order valence-electron chi connectivity index (χ3n) is 1.44. The van der Waals surface area contributed by atoms with Crippen molar-refractivity contribution in [2.24, 2.45) is 0 Å². The van der Waals surface area contributed by atoms with Crippen molar-refractivity contribution in [2.45, 2.75) is 0 Å². The number of nitrogens with zero attached hydrogens (tertiary/aromatic N) is 2. The van der Waals surface area contributed by atoms with E-state index in [4.69, 9.17) is 11.6 Å². The van der Waals surface area contributed by atoms with Crippen molar-refractivity contribution in [1.29, 1.82) is 0 Å². The minimum atomic E-state index is 0.262. The molecule has 0 aliphatic heterocycles. The van der Waals surface area contributed by atoms with Gasteiger partial charge in [-0.2, -0.15) is 0 Å². The summed E-state index contributed by atoms with van der Waals surface area (Å²) in [5.74, 6) is 0. The van der Waals surface area contributed by atoms with Crippen molar-refractivity contribution in [1.82, 2.24) is 9.97 Å². The summed E-state index contributed by atoms with van der Waals surface area (Å²) in [4.78, 5) is 9.12. The first kappa shape index (κ1) is 9.12. The molecule has 0 aliphatic rings. The molecule has 0 N–H and O–H groups in total. The molecule has 0 radical (unpaired) electrons. The minimum absolute atomic E-state index is 0.262. The summed E-state index contributed by atoms with van der Waals surface area (Å²) in [6.45, 7) is 0. The van der Waals surface area contributed by atoms with Gasteiger partial charge in [-0.05, 0) is 45.0 Å². The second-order valence-corrected chi connectivity index (χ2v) is 4.42. The van der Waals surface area contributed by atoms with Crippen LogP contribution >= 0.6 is 38.9 Å². The highest BCUT2D eigenvalue weighted by Gasteiger charge is 2.03. The fourth-order valence-electron chi connectivity index (χ4n) is 0.940. The predicted molar refractivity (Wildman–Crippen MR) is 58.1 cm³/mol. The van der Waals surface area contributed by atoms with Gasteiger partial charge in [0.15, 0.2) is 0 Å². The summed E-state index contributed by atoms with van der Waals surface area (Å²) >= 11 is 10.6. The lowest BCUT2D eigenvalue weighted by Gasteiger charge is -1.97. The first-order chi connectivity index (χ1) is 6.25. The highest BCUT2D eigenvalue weighted by Crippen LogP contribution is 2.25. The maximum Gasteiger partial charge on any atom is 0.224 e. The lowest BCUT2D eigenvalue weighted by Crippen LogP contribution is -1.85. The van der Waals surface area contributed by atoms with Gasteiger partial charge in [-0.15, -0.1) is 11.3 Å². The van der Waals surface area contributed by atoms with Crippen LogP contribution in [0, 0.1) is 0 Å². The molecule has 2 aromatic heterocycles. The Morgan fingerprint density at radius 3 is 2.85 bits per heavy atom. The van der Waals surface area contributed by atoms with E-state index in [0.29, 0.717) is 4.60 Å². The van der Waals surface area contributed by atoms with Crippen molar-refractivity contribution in [3.63, 3.8) is 0 Å². The third kappa shape index (κ3) is 2.07. The Kier molecular flexibility index (Phi) is 2.62. The number of hydrogen-bond acceptors (Lipinski definition) is 3. The van der Waals surface area contributed by atoms with Crippen molar-refractivity contribution in [3.8, 4) is 10.6 Å². The van der Waals surface area contributed by atoms with Gasteiger partial charge in [-0.3, -0.25) is 0 Å². The molecule has 0 unspecified atom stereocenters. The molecule has 0 saturated carbocycles. The second-order valence-electron chi connectivity index (χ2n) is 2.32. The molecule has 0 fully saturated rings. The molecule has 2 nitrogen and oxygen atoms in total. The van der Waals surface area contributed by atoms with E-state index in [1.54, 1.807) is 11.3 Å². The molecule has 0 aromatic carbocycles. The third-order valence-corrected chi connectivity index (χ3v) is 2.91. The first-order valence-corrected chi connectivity index (χ1v) is 5.55. The summed E-state index contributed by atoms with van der Waals surface area (Å²) in [5.41, 5.74) is 0.849. The molecule has 0 bridgehead atoms. The fraction of sp³-hybridized carbons (Fsp3) is 0. The van der Waals surface area contributed by atoms with Crippen LogP contribution in [-0.4, -0.2) is 9.97 Å². The topological polar surface area (TPSA) is 25.8 Å². The number of rotatable bonds is 1. The van der Waals surface area contributed by atoms with E-state index in [-0.39, 0.29) is 5.28 Å². The van der Waals surface area contributed by atoms with Gasteiger partial charge in [0, 0.05) is 0 Å². The van der Waals surface area contributed by atoms with E-state index >= 15 is 0 Å². The largest absolute Gasteiger partial charge is 0.224 e. The first-order valence-electron chi connectivity index (χ1n) is 3.49. The van der Waals surface area contributed by atoms with Gasteiger partial charge in [0.1, 0.15) is 4.60 Å². The van der Waals surface area contributed by atoms with E-state index in [2.05, 4.69) is 25.9 Å². The normalized spacial score (nSPS) is 10.3. The van der Waals surface area contributed by atoms with Crippen LogP contribution in [0.25, 0.3) is 10.6 Å². The minimum Gasteiger partial charge on any atom is -0.217 e. The molecular formula is C8H4BrClN2S. The Balaban J connectivity index is 2.53. The van der Waals surface area contributed by atoms with Crippen LogP contribution in [0.4, 0.5) is 0 Å². The van der Waals surface area contributed by atoms with Crippen molar-refractivity contribution < 1.29 is 0 Å². The standard InChI is InChI=1S/C8H4BrClN2S/c9-7-4-5(11-8(10)12-7)6-2-1-3-13-6/h1-4H. The molecule has 66 valence electrons. The quantitative estimate of drug-likeness (QED) is 0.587. The predicted octanol–water partition coefficient (Wildman–Crippen LogP) is 3.62. The Morgan fingerprint density at radius 2 is 2.23 bits per heavy atom. The van der Waals surface area contributed by atoms with Gasteiger partial charge < -0.3 is 0 Å². The molecule has 0 amide bonds. The molecule has 2 heterocycles. The smallest absolute Gasteiger partial charge is 0.217 e. The Morgan fingerprint density at radius 1 is 1.38 bits per heavy atom. The Hall–Kier alpha value is -0.450. The van der Waals surface area contributed by atoms with Crippen molar-refractivity contribution in [3.05, 3.63) is 33.5 Å². The summed E-state index contributed by atoms with van der Waals surface area (Å²) in [7, 11) is 0. The summed E-state index contributed by atoms with van der Waals surface area (Å²) in [6, 6.07) is 5.82. The van der Waals surface area contributed by atoms with Crippen molar-refractivity contribution in [2.75, 3.05) is 0 Å². The number of halogens is 2. The summed E-state index contributed by atoms with van der Waals surface area (Å²) in [6.07, 6.45) is 0. The number of aromatic nitrogens is 2. The summed E-state index contributed by atoms with van der Waals surface area (Å²) < 4.78 is 0.705. The maximum absolute atomic E-state index is 5.72. The highest BCUT2D eigenvalue weighted by atomic mass is 79.9. The van der Waals surface area contributed by atoms with Gasteiger partial charge in [0.2, 0.25) is 5.28 Å². The lowest BCUT2D eigenvalue weighted by atomic mass is 10.3. The molecule has 0 saturated heterocycles. The van der Waals surface area contributed by atoms with E-state index < -0.39 is 0 Å². The molecule has 5 heteroatoms. The lowest BCUT2D eigenvalue weighted by molar-refractivity contribution is 1.15. The van der Waals surface area contributed by atoms with Crippen LogP contribution in [0.5, 0.6) is 0 Å². The Bertz CT molecular complexity index is 396. The molecular weight excluding hydrogens is 272 g/mol. The zero-order valence-corrected chi connectivity index (χ0v) is 9.53. The van der Waals surface area contributed by atoms with Crippen LogP contribution in [0.15, 0.2) is 28.2 Å².